The van der Waals surface area contributed by atoms with E-state index in [2.05, 4.69) is 10.4 Å². The quantitative estimate of drug-likeness (QED) is 0.618. The number of anilines is 1. The summed E-state index contributed by atoms with van der Waals surface area (Å²) in [4.78, 5) is 11.6. The first-order valence-electron chi connectivity index (χ1n) is 5.79. The maximum absolute atomic E-state index is 11.6. The molecule has 0 radical (unpaired) electrons. The molecule has 6 nitrogen and oxygen atoms in total. The van der Waals surface area contributed by atoms with Gasteiger partial charge in [-0.3, -0.25) is 4.79 Å². The summed E-state index contributed by atoms with van der Waals surface area (Å²) in [5.74, 6) is 0.730. The van der Waals surface area contributed by atoms with Crippen LogP contribution >= 0.6 is 0 Å². The van der Waals surface area contributed by atoms with E-state index in [4.69, 9.17) is 5.11 Å². The molecule has 1 fully saturated rings. The molecule has 0 spiro atoms. The third kappa shape index (κ3) is 3.54. The summed E-state index contributed by atoms with van der Waals surface area (Å²) in [6.45, 7) is 0.512. The van der Waals surface area contributed by atoms with Crippen LogP contribution in [0.4, 0.5) is 5.69 Å². The van der Waals surface area contributed by atoms with E-state index >= 15 is 0 Å². The Morgan fingerprint density at radius 3 is 2.94 bits per heavy atom. The van der Waals surface area contributed by atoms with Gasteiger partial charge in [-0.25, -0.2) is 4.68 Å². The second-order valence-corrected chi connectivity index (χ2v) is 4.43. The van der Waals surface area contributed by atoms with E-state index < -0.39 is 6.10 Å². The van der Waals surface area contributed by atoms with Gasteiger partial charge in [-0.05, 0) is 18.8 Å². The fourth-order valence-electron chi connectivity index (χ4n) is 1.51. The zero-order chi connectivity index (χ0) is 12.3. The van der Waals surface area contributed by atoms with Crippen LogP contribution in [-0.4, -0.2) is 39.2 Å². The molecule has 0 aliphatic heterocycles. The van der Waals surface area contributed by atoms with Crippen molar-refractivity contribution in [1.29, 1.82) is 0 Å². The van der Waals surface area contributed by atoms with Crippen molar-refractivity contribution < 1.29 is 10.2 Å². The van der Waals surface area contributed by atoms with Gasteiger partial charge in [-0.2, -0.15) is 5.10 Å². The molecule has 2 rings (SSSR count). The smallest absolute Gasteiger partial charge is 0.268 e. The van der Waals surface area contributed by atoms with Gasteiger partial charge in [0.1, 0.15) is 0 Å². The maximum Gasteiger partial charge on any atom is 0.268 e. The molecule has 0 saturated heterocycles. The lowest BCUT2D eigenvalue weighted by molar-refractivity contribution is 0.0770. The Morgan fingerprint density at radius 2 is 2.35 bits per heavy atom. The molecule has 3 N–H and O–H groups in total. The highest BCUT2D eigenvalue weighted by Crippen LogP contribution is 2.28. The van der Waals surface area contributed by atoms with Gasteiger partial charge < -0.3 is 15.5 Å². The fourth-order valence-corrected chi connectivity index (χ4v) is 1.51. The topological polar surface area (TPSA) is 87.4 Å². The summed E-state index contributed by atoms with van der Waals surface area (Å²) in [6, 6.07) is 1.46. The van der Waals surface area contributed by atoms with Crippen LogP contribution in [0.2, 0.25) is 0 Å². The molecule has 1 aliphatic carbocycles. The van der Waals surface area contributed by atoms with Crippen molar-refractivity contribution in [3.8, 4) is 0 Å². The first-order valence-corrected chi connectivity index (χ1v) is 5.79. The summed E-state index contributed by atoms with van der Waals surface area (Å²) in [5, 5.41) is 25.0. The molecule has 17 heavy (non-hydrogen) atoms. The summed E-state index contributed by atoms with van der Waals surface area (Å²) in [7, 11) is 0. The van der Waals surface area contributed by atoms with E-state index in [1.807, 2.05) is 0 Å². The summed E-state index contributed by atoms with van der Waals surface area (Å²) < 4.78 is 1.14. The zero-order valence-electron chi connectivity index (χ0n) is 9.54. The Balaban J connectivity index is 1.97. The molecule has 94 valence electrons. The first-order chi connectivity index (χ1) is 8.19. The molecular formula is C11H17N3O3. The van der Waals surface area contributed by atoms with Gasteiger partial charge >= 0.3 is 0 Å². The second kappa shape index (κ2) is 5.29. The summed E-state index contributed by atoms with van der Waals surface area (Å²) in [6.07, 6.45) is 3.11. The van der Waals surface area contributed by atoms with Gasteiger partial charge in [0.15, 0.2) is 0 Å². The largest absolute Gasteiger partial charge is 0.394 e. The summed E-state index contributed by atoms with van der Waals surface area (Å²) >= 11 is 0. The van der Waals surface area contributed by atoms with Crippen molar-refractivity contribution in [1.82, 2.24) is 9.78 Å². The van der Waals surface area contributed by atoms with Crippen LogP contribution < -0.4 is 10.9 Å². The molecule has 1 unspecified atom stereocenters. The number of hydrogen-bond acceptors (Lipinski definition) is 5. The van der Waals surface area contributed by atoms with Crippen LogP contribution in [0.3, 0.4) is 0 Å². The number of nitrogens with zero attached hydrogens (tertiary/aromatic N) is 2. The van der Waals surface area contributed by atoms with Crippen LogP contribution in [0.5, 0.6) is 0 Å². The van der Waals surface area contributed by atoms with Gasteiger partial charge in [0, 0.05) is 12.6 Å². The average Bonchev–Trinajstić information content (AvgIpc) is 3.13. The molecule has 1 aromatic rings. The SMILES string of the molecule is O=c1cc(NCC2CC2)cnn1CC(O)CO. The number of aliphatic hydroxyl groups excluding tert-OH is 2. The minimum absolute atomic E-state index is 0.0121. The second-order valence-electron chi connectivity index (χ2n) is 4.43. The first kappa shape index (κ1) is 12.1. The van der Waals surface area contributed by atoms with Gasteiger partial charge in [0.25, 0.3) is 5.56 Å². The number of aliphatic hydroxyl groups is 2. The van der Waals surface area contributed by atoms with E-state index in [0.717, 1.165) is 17.1 Å². The van der Waals surface area contributed by atoms with E-state index in [0.29, 0.717) is 5.69 Å². The third-order valence-corrected chi connectivity index (χ3v) is 2.76. The highest BCUT2D eigenvalue weighted by molar-refractivity contribution is 5.38. The van der Waals surface area contributed by atoms with Gasteiger partial charge in [0.05, 0.1) is 31.1 Å². The third-order valence-electron chi connectivity index (χ3n) is 2.76. The molecule has 6 heteroatoms. The molecule has 0 aromatic carbocycles. The number of nitrogens with one attached hydrogen (secondary N) is 1. The van der Waals surface area contributed by atoms with Crippen molar-refractivity contribution in [3.05, 3.63) is 22.6 Å². The molecule has 1 aliphatic rings. The van der Waals surface area contributed by atoms with Crippen molar-refractivity contribution >= 4 is 5.69 Å². The van der Waals surface area contributed by atoms with E-state index in [9.17, 15) is 9.90 Å². The molecule has 1 saturated carbocycles. The van der Waals surface area contributed by atoms with Crippen LogP contribution in [0.25, 0.3) is 0 Å². The van der Waals surface area contributed by atoms with Crippen LogP contribution in [-0.2, 0) is 6.54 Å². The molecule has 1 heterocycles. The lowest BCUT2D eigenvalue weighted by Crippen LogP contribution is -2.30. The lowest BCUT2D eigenvalue weighted by atomic mass is 10.3. The molecule has 1 atom stereocenters. The lowest BCUT2D eigenvalue weighted by Gasteiger charge is -2.10. The zero-order valence-corrected chi connectivity index (χ0v) is 9.54. The Labute approximate surface area is 98.9 Å². The van der Waals surface area contributed by atoms with Gasteiger partial charge in [-0.15, -0.1) is 0 Å². The van der Waals surface area contributed by atoms with E-state index in [1.165, 1.54) is 18.9 Å². The number of rotatable bonds is 6. The van der Waals surface area contributed by atoms with Gasteiger partial charge in [0.2, 0.25) is 0 Å². The van der Waals surface area contributed by atoms with E-state index in [-0.39, 0.29) is 18.7 Å². The minimum Gasteiger partial charge on any atom is -0.394 e. The predicted molar refractivity (Wildman–Crippen MR) is 62.8 cm³/mol. The Morgan fingerprint density at radius 1 is 1.59 bits per heavy atom. The average molecular weight is 239 g/mol. The Bertz CT molecular complexity index is 428. The monoisotopic (exact) mass is 239 g/mol. The Hall–Kier alpha value is -1.40. The van der Waals surface area contributed by atoms with Crippen LogP contribution in [0, 0.1) is 5.92 Å². The molecule has 0 bridgehead atoms. The van der Waals surface area contributed by atoms with Crippen molar-refractivity contribution in [2.45, 2.75) is 25.5 Å². The maximum atomic E-state index is 11.6. The number of hydrogen-bond donors (Lipinski definition) is 3. The van der Waals surface area contributed by atoms with Crippen molar-refractivity contribution in [3.63, 3.8) is 0 Å². The highest BCUT2D eigenvalue weighted by atomic mass is 16.3. The fraction of sp³-hybridized carbons (Fsp3) is 0.636. The highest BCUT2D eigenvalue weighted by Gasteiger charge is 2.20. The minimum atomic E-state index is -0.953. The standard InChI is InChI=1S/C11H17N3O3/c15-7-10(16)6-14-11(17)3-9(5-13-14)12-4-8-1-2-8/h3,5,8,10,12,15-16H,1-2,4,6-7H2. The number of aromatic nitrogens is 2. The molecule has 0 amide bonds. The Kier molecular flexibility index (Phi) is 3.75. The summed E-state index contributed by atoms with van der Waals surface area (Å²) in [5.41, 5.74) is 0.426. The normalized spacial score (nSPS) is 16.8. The van der Waals surface area contributed by atoms with E-state index in [1.54, 1.807) is 6.20 Å². The van der Waals surface area contributed by atoms with Crippen molar-refractivity contribution in [2.24, 2.45) is 5.92 Å². The molecule has 1 aromatic heterocycles. The predicted octanol–water partition coefficient (Wildman–Crippen LogP) is -0.582. The van der Waals surface area contributed by atoms with Crippen molar-refractivity contribution in [2.75, 3.05) is 18.5 Å². The van der Waals surface area contributed by atoms with Gasteiger partial charge in [-0.1, -0.05) is 0 Å². The molecular weight excluding hydrogens is 222 g/mol. The van der Waals surface area contributed by atoms with Crippen LogP contribution in [0.15, 0.2) is 17.1 Å². The van der Waals surface area contributed by atoms with Crippen LogP contribution in [0.1, 0.15) is 12.8 Å².